The monoisotopic (exact) mass is 324 g/mol. The summed E-state index contributed by atoms with van der Waals surface area (Å²) in [6, 6.07) is 17.3. The Kier molecular flexibility index (Phi) is 6.70. The maximum atomic E-state index is 12.5. The van der Waals surface area contributed by atoms with Crippen molar-refractivity contribution < 1.29 is 9.59 Å². The minimum Gasteiger partial charge on any atom is -0.341 e. The average molecular weight is 324 g/mol. The van der Waals surface area contributed by atoms with Crippen LogP contribution < -0.4 is 5.73 Å². The predicted octanol–water partition coefficient (Wildman–Crippen LogP) is 2.46. The second-order valence-electron chi connectivity index (χ2n) is 5.83. The lowest BCUT2D eigenvalue weighted by Gasteiger charge is -2.22. The fourth-order valence-electron chi connectivity index (χ4n) is 2.57. The normalized spacial score (nSPS) is 10.4. The van der Waals surface area contributed by atoms with E-state index in [1.807, 2.05) is 35.2 Å². The first-order valence-corrected chi connectivity index (χ1v) is 8.22. The SMILES string of the molecule is CC(=O)c1ccc(CC(=O)N(CCN)CCc2ccccc2)cc1. The predicted molar refractivity (Wildman–Crippen MR) is 95.9 cm³/mol. The van der Waals surface area contributed by atoms with Crippen LogP contribution >= 0.6 is 0 Å². The van der Waals surface area contributed by atoms with E-state index in [-0.39, 0.29) is 11.7 Å². The molecule has 0 aliphatic heterocycles. The smallest absolute Gasteiger partial charge is 0.227 e. The minimum atomic E-state index is 0.0282. The molecule has 0 saturated heterocycles. The lowest BCUT2D eigenvalue weighted by Crippen LogP contribution is -2.37. The van der Waals surface area contributed by atoms with Crippen molar-refractivity contribution in [2.75, 3.05) is 19.6 Å². The van der Waals surface area contributed by atoms with E-state index in [2.05, 4.69) is 12.1 Å². The van der Waals surface area contributed by atoms with Crippen LogP contribution in [0.5, 0.6) is 0 Å². The summed E-state index contributed by atoms with van der Waals surface area (Å²) < 4.78 is 0. The van der Waals surface area contributed by atoms with Gasteiger partial charge in [0, 0.05) is 25.2 Å². The van der Waals surface area contributed by atoms with Crippen LogP contribution in [0, 0.1) is 0 Å². The molecule has 0 atom stereocenters. The van der Waals surface area contributed by atoms with Crippen molar-refractivity contribution in [2.45, 2.75) is 19.8 Å². The molecular formula is C20H24N2O2. The second-order valence-corrected chi connectivity index (χ2v) is 5.83. The van der Waals surface area contributed by atoms with Crippen LogP contribution in [0.25, 0.3) is 0 Å². The average Bonchev–Trinajstić information content (AvgIpc) is 2.60. The van der Waals surface area contributed by atoms with Gasteiger partial charge in [-0.3, -0.25) is 9.59 Å². The molecule has 4 nitrogen and oxygen atoms in total. The van der Waals surface area contributed by atoms with Crippen LogP contribution in [0.2, 0.25) is 0 Å². The summed E-state index contributed by atoms with van der Waals surface area (Å²) in [5, 5.41) is 0. The molecule has 0 radical (unpaired) electrons. The van der Waals surface area contributed by atoms with E-state index >= 15 is 0 Å². The Morgan fingerprint density at radius 1 is 0.917 bits per heavy atom. The Bertz CT molecular complexity index is 666. The molecule has 0 aromatic heterocycles. The molecule has 2 rings (SSSR count). The Labute approximate surface area is 143 Å². The van der Waals surface area contributed by atoms with Gasteiger partial charge in [0.15, 0.2) is 5.78 Å². The molecule has 2 aromatic rings. The molecule has 2 aromatic carbocycles. The molecule has 0 saturated carbocycles. The van der Waals surface area contributed by atoms with Gasteiger partial charge in [-0.05, 0) is 24.5 Å². The van der Waals surface area contributed by atoms with Gasteiger partial charge in [0.05, 0.1) is 6.42 Å². The van der Waals surface area contributed by atoms with Gasteiger partial charge >= 0.3 is 0 Å². The lowest BCUT2D eigenvalue weighted by molar-refractivity contribution is -0.130. The summed E-state index contributed by atoms with van der Waals surface area (Å²) in [5.74, 6) is 0.0902. The first kappa shape index (κ1) is 17.9. The molecule has 24 heavy (non-hydrogen) atoms. The molecule has 0 spiro atoms. The topological polar surface area (TPSA) is 63.4 Å². The van der Waals surface area contributed by atoms with Gasteiger partial charge in [-0.15, -0.1) is 0 Å². The van der Waals surface area contributed by atoms with Crippen molar-refractivity contribution in [3.8, 4) is 0 Å². The summed E-state index contributed by atoms with van der Waals surface area (Å²) in [4.78, 5) is 25.7. The maximum absolute atomic E-state index is 12.5. The summed E-state index contributed by atoms with van der Waals surface area (Å²) in [6.07, 6.45) is 1.14. The van der Waals surface area contributed by atoms with Crippen molar-refractivity contribution in [1.82, 2.24) is 4.90 Å². The highest BCUT2D eigenvalue weighted by molar-refractivity contribution is 5.94. The molecule has 2 N–H and O–H groups in total. The van der Waals surface area contributed by atoms with E-state index in [0.29, 0.717) is 31.6 Å². The second kappa shape index (κ2) is 8.99. The van der Waals surface area contributed by atoms with Crippen LogP contribution in [0.3, 0.4) is 0 Å². The highest BCUT2D eigenvalue weighted by Gasteiger charge is 2.13. The zero-order valence-electron chi connectivity index (χ0n) is 14.1. The van der Waals surface area contributed by atoms with Gasteiger partial charge in [-0.2, -0.15) is 0 Å². The third-order valence-corrected chi connectivity index (χ3v) is 3.98. The van der Waals surface area contributed by atoms with E-state index in [9.17, 15) is 9.59 Å². The minimum absolute atomic E-state index is 0.0282. The number of hydrogen-bond acceptors (Lipinski definition) is 3. The van der Waals surface area contributed by atoms with E-state index in [4.69, 9.17) is 5.73 Å². The number of nitrogens with zero attached hydrogens (tertiary/aromatic N) is 1. The Morgan fingerprint density at radius 3 is 2.17 bits per heavy atom. The Hall–Kier alpha value is -2.46. The van der Waals surface area contributed by atoms with E-state index in [1.54, 1.807) is 12.1 Å². The van der Waals surface area contributed by atoms with Crippen LogP contribution in [0.1, 0.15) is 28.4 Å². The highest BCUT2D eigenvalue weighted by atomic mass is 16.2. The number of ketones is 1. The zero-order valence-corrected chi connectivity index (χ0v) is 14.1. The van der Waals surface area contributed by atoms with Crippen molar-refractivity contribution in [2.24, 2.45) is 5.73 Å². The number of nitrogens with two attached hydrogens (primary N) is 1. The number of amides is 1. The summed E-state index contributed by atoms with van der Waals surface area (Å²) in [6.45, 7) is 3.19. The highest BCUT2D eigenvalue weighted by Crippen LogP contribution is 2.08. The quantitative estimate of drug-likeness (QED) is 0.759. The third-order valence-electron chi connectivity index (χ3n) is 3.98. The molecule has 0 bridgehead atoms. The molecule has 0 aliphatic carbocycles. The van der Waals surface area contributed by atoms with Crippen molar-refractivity contribution >= 4 is 11.7 Å². The van der Waals surface area contributed by atoms with E-state index in [1.165, 1.54) is 12.5 Å². The van der Waals surface area contributed by atoms with Gasteiger partial charge in [-0.1, -0.05) is 54.6 Å². The number of benzene rings is 2. The van der Waals surface area contributed by atoms with Crippen molar-refractivity contribution in [1.29, 1.82) is 0 Å². The molecule has 1 amide bonds. The van der Waals surface area contributed by atoms with Gasteiger partial charge in [0.25, 0.3) is 0 Å². The van der Waals surface area contributed by atoms with Gasteiger partial charge < -0.3 is 10.6 Å². The zero-order chi connectivity index (χ0) is 17.4. The molecular weight excluding hydrogens is 300 g/mol. The Morgan fingerprint density at radius 2 is 1.58 bits per heavy atom. The number of rotatable bonds is 8. The van der Waals surface area contributed by atoms with E-state index < -0.39 is 0 Å². The van der Waals surface area contributed by atoms with Crippen molar-refractivity contribution in [3.63, 3.8) is 0 Å². The molecule has 0 unspecified atom stereocenters. The summed E-state index contributed by atoms with van der Waals surface area (Å²) >= 11 is 0. The van der Waals surface area contributed by atoms with E-state index in [0.717, 1.165) is 12.0 Å². The van der Waals surface area contributed by atoms with Gasteiger partial charge in [0.1, 0.15) is 0 Å². The van der Waals surface area contributed by atoms with Crippen LogP contribution in [0.15, 0.2) is 54.6 Å². The molecule has 0 heterocycles. The Balaban J connectivity index is 1.96. The molecule has 4 heteroatoms. The van der Waals surface area contributed by atoms with Crippen LogP contribution in [-0.2, 0) is 17.6 Å². The summed E-state index contributed by atoms with van der Waals surface area (Å²) in [7, 11) is 0. The third kappa shape index (κ3) is 5.32. The first-order chi connectivity index (χ1) is 11.6. The summed E-state index contributed by atoms with van der Waals surface area (Å²) in [5.41, 5.74) is 8.43. The van der Waals surface area contributed by atoms with Crippen molar-refractivity contribution in [3.05, 3.63) is 71.3 Å². The number of Topliss-reactive ketones (excluding diaryl/α,β-unsaturated/α-hetero) is 1. The standard InChI is InChI=1S/C20H24N2O2/c1-16(23)19-9-7-18(8-10-19)15-20(24)22(14-12-21)13-11-17-5-3-2-4-6-17/h2-10H,11-15,21H2,1H3. The fourth-order valence-corrected chi connectivity index (χ4v) is 2.57. The van der Waals surface area contributed by atoms with Gasteiger partial charge in [0.2, 0.25) is 5.91 Å². The van der Waals surface area contributed by atoms with Gasteiger partial charge in [-0.25, -0.2) is 0 Å². The number of carbonyl (C=O) groups is 2. The lowest BCUT2D eigenvalue weighted by atomic mass is 10.1. The molecule has 126 valence electrons. The van der Waals surface area contributed by atoms with Crippen LogP contribution in [-0.4, -0.2) is 36.2 Å². The largest absolute Gasteiger partial charge is 0.341 e. The van der Waals surface area contributed by atoms with Crippen LogP contribution in [0.4, 0.5) is 0 Å². The maximum Gasteiger partial charge on any atom is 0.227 e. The first-order valence-electron chi connectivity index (χ1n) is 8.22. The fraction of sp³-hybridized carbons (Fsp3) is 0.300. The number of hydrogen-bond donors (Lipinski definition) is 1. The number of carbonyl (C=O) groups excluding carboxylic acids is 2. The molecule has 0 fully saturated rings. The molecule has 0 aliphatic rings.